The molecule has 0 radical (unpaired) electrons. The maximum absolute atomic E-state index is 12.6. The van der Waals surface area contributed by atoms with Crippen molar-refractivity contribution in [2.45, 2.75) is 6.18 Å². The van der Waals surface area contributed by atoms with Crippen LogP contribution in [0.15, 0.2) is 24.4 Å². The lowest BCUT2D eigenvalue weighted by Gasteiger charge is -2.08. The molecule has 2 rings (SSSR count). The molecule has 0 aliphatic heterocycles. The van der Waals surface area contributed by atoms with E-state index in [1.807, 2.05) is 0 Å². The van der Waals surface area contributed by atoms with Crippen molar-refractivity contribution in [3.63, 3.8) is 0 Å². The number of halogens is 4. The highest BCUT2D eigenvalue weighted by Gasteiger charge is 2.33. The number of rotatable bonds is 2. The van der Waals surface area contributed by atoms with Gasteiger partial charge < -0.3 is 4.74 Å². The van der Waals surface area contributed by atoms with E-state index in [-0.39, 0.29) is 11.6 Å². The third-order valence-corrected chi connectivity index (χ3v) is 2.40. The summed E-state index contributed by atoms with van der Waals surface area (Å²) < 4.78 is 42.8. The van der Waals surface area contributed by atoms with Crippen LogP contribution in [0.3, 0.4) is 0 Å². The van der Waals surface area contributed by atoms with E-state index in [0.29, 0.717) is 5.56 Å². The molecule has 0 fully saturated rings. The maximum atomic E-state index is 12.6. The first-order chi connectivity index (χ1) is 8.90. The van der Waals surface area contributed by atoms with Gasteiger partial charge in [-0.25, -0.2) is 15.0 Å². The summed E-state index contributed by atoms with van der Waals surface area (Å²) >= 11 is 5.51. The zero-order valence-corrected chi connectivity index (χ0v) is 10.3. The molecule has 0 N–H and O–H groups in total. The van der Waals surface area contributed by atoms with Crippen molar-refractivity contribution in [2.24, 2.45) is 0 Å². The molecule has 0 aromatic carbocycles. The van der Waals surface area contributed by atoms with Crippen molar-refractivity contribution in [1.82, 2.24) is 15.0 Å². The summed E-state index contributed by atoms with van der Waals surface area (Å²) in [6.07, 6.45) is -3.18. The Morgan fingerprint density at radius 1 is 1.21 bits per heavy atom. The van der Waals surface area contributed by atoms with Gasteiger partial charge >= 0.3 is 6.18 Å². The minimum atomic E-state index is -4.58. The van der Waals surface area contributed by atoms with Crippen LogP contribution >= 0.6 is 11.6 Å². The maximum Gasteiger partial charge on any atom is 0.433 e. The first-order valence-corrected chi connectivity index (χ1v) is 5.40. The molecule has 0 saturated heterocycles. The Balaban J connectivity index is 2.53. The number of aromatic nitrogens is 3. The minimum absolute atomic E-state index is 0.0491. The number of methoxy groups -OCH3 is 1. The van der Waals surface area contributed by atoms with Crippen LogP contribution in [0.4, 0.5) is 13.2 Å². The predicted octanol–water partition coefficient (Wildman–Crippen LogP) is 3.22. The van der Waals surface area contributed by atoms with Crippen molar-refractivity contribution in [1.29, 1.82) is 0 Å². The van der Waals surface area contributed by atoms with Gasteiger partial charge in [0.25, 0.3) is 0 Å². The molecular weight excluding hydrogens is 283 g/mol. The first-order valence-electron chi connectivity index (χ1n) is 5.02. The molecule has 2 aromatic rings. The number of ether oxygens (including phenoxy) is 1. The van der Waals surface area contributed by atoms with Gasteiger partial charge in [0.2, 0.25) is 11.2 Å². The Bertz CT molecular complexity index is 604. The number of hydrogen-bond donors (Lipinski definition) is 0. The quantitative estimate of drug-likeness (QED) is 0.797. The normalized spacial score (nSPS) is 11.4. The molecule has 0 bridgehead atoms. The number of alkyl halides is 3. The molecule has 2 heterocycles. The molecule has 4 nitrogen and oxygen atoms in total. The molecule has 0 saturated carbocycles. The summed E-state index contributed by atoms with van der Waals surface area (Å²) in [5, 5.41) is -0.472. The van der Waals surface area contributed by atoms with Gasteiger partial charge in [-0.05, 0) is 23.7 Å². The van der Waals surface area contributed by atoms with Gasteiger partial charge in [0.15, 0.2) is 0 Å². The third kappa shape index (κ3) is 3.11. The Hall–Kier alpha value is -1.89. The molecule has 0 amide bonds. The van der Waals surface area contributed by atoms with Crippen molar-refractivity contribution < 1.29 is 17.9 Å². The van der Waals surface area contributed by atoms with E-state index in [1.165, 1.54) is 25.4 Å². The molecule has 8 heteroatoms. The van der Waals surface area contributed by atoms with Crippen LogP contribution in [0, 0.1) is 0 Å². The van der Waals surface area contributed by atoms with E-state index < -0.39 is 17.2 Å². The first kappa shape index (κ1) is 13.5. The van der Waals surface area contributed by atoms with Gasteiger partial charge in [-0.15, -0.1) is 0 Å². The lowest BCUT2D eigenvalue weighted by molar-refractivity contribution is -0.141. The van der Waals surface area contributed by atoms with Crippen LogP contribution in [0.25, 0.3) is 11.3 Å². The molecular formula is C11H7ClF3N3O. The van der Waals surface area contributed by atoms with Crippen LogP contribution in [-0.2, 0) is 6.18 Å². The Labute approximate surface area is 111 Å². The van der Waals surface area contributed by atoms with Crippen LogP contribution in [0.1, 0.15) is 5.69 Å². The fraction of sp³-hybridized carbons (Fsp3) is 0.182. The van der Waals surface area contributed by atoms with Crippen molar-refractivity contribution in [2.75, 3.05) is 7.11 Å². The molecule has 0 unspecified atom stereocenters. The number of hydrogen-bond acceptors (Lipinski definition) is 4. The highest BCUT2D eigenvalue weighted by Crippen LogP contribution is 2.31. The Morgan fingerprint density at radius 3 is 2.58 bits per heavy atom. The largest absolute Gasteiger partial charge is 0.481 e. The topological polar surface area (TPSA) is 47.9 Å². The lowest BCUT2D eigenvalue weighted by Crippen LogP contribution is -2.09. The number of nitrogens with zero attached hydrogens (tertiary/aromatic N) is 3. The van der Waals surface area contributed by atoms with E-state index in [9.17, 15) is 13.2 Å². The van der Waals surface area contributed by atoms with E-state index in [1.54, 1.807) is 0 Å². The fourth-order valence-electron chi connectivity index (χ4n) is 1.39. The van der Waals surface area contributed by atoms with Gasteiger partial charge in [0, 0.05) is 17.8 Å². The van der Waals surface area contributed by atoms with E-state index in [0.717, 1.165) is 6.07 Å². The Kier molecular flexibility index (Phi) is 3.57. The second-order valence-corrected chi connectivity index (χ2v) is 3.83. The van der Waals surface area contributed by atoms with Gasteiger partial charge in [-0.2, -0.15) is 13.2 Å². The van der Waals surface area contributed by atoms with Gasteiger partial charge in [0.05, 0.1) is 12.8 Å². The van der Waals surface area contributed by atoms with Crippen LogP contribution < -0.4 is 4.74 Å². The Morgan fingerprint density at radius 2 is 1.95 bits per heavy atom. The summed E-state index contributed by atoms with van der Waals surface area (Å²) in [6, 6.07) is 3.78. The summed E-state index contributed by atoms with van der Waals surface area (Å²) in [4.78, 5) is 10.8. The summed E-state index contributed by atoms with van der Waals surface area (Å²) in [6.45, 7) is 0. The highest BCUT2D eigenvalue weighted by molar-refractivity contribution is 6.28. The second kappa shape index (κ2) is 5.00. The fourth-order valence-corrected chi connectivity index (χ4v) is 1.57. The van der Waals surface area contributed by atoms with Crippen LogP contribution in [-0.4, -0.2) is 22.1 Å². The minimum Gasteiger partial charge on any atom is -0.481 e. The highest BCUT2D eigenvalue weighted by atomic mass is 35.5. The average Bonchev–Trinajstić information content (AvgIpc) is 2.37. The predicted molar refractivity (Wildman–Crippen MR) is 61.8 cm³/mol. The molecule has 0 atom stereocenters. The van der Waals surface area contributed by atoms with E-state index >= 15 is 0 Å². The van der Waals surface area contributed by atoms with E-state index in [4.69, 9.17) is 16.3 Å². The SMILES string of the molecule is COc1cc(-c2cc(C(F)(F)F)nc(Cl)n2)ccn1. The van der Waals surface area contributed by atoms with Crippen molar-refractivity contribution in [3.05, 3.63) is 35.4 Å². The van der Waals surface area contributed by atoms with Gasteiger partial charge in [0.1, 0.15) is 5.69 Å². The molecule has 0 spiro atoms. The third-order valence-electron chi connectivity index (χ3n) is 2.23. The van der Waals surface area contributed by atoms with Gasteiger partial charge in [-0.3, -0.25) is 0 Å². The molecule has 100 valence electrons. The van der Waals surface area contributed by atoms with Crippen LogP contribution in [0.5, 0.6) is 5.88 Å². The molecule has 0 aliphatic rings. The summed E-state index contributed by atoms with van der Waals surface area (Å²) in [5.41, 5.74) is -0.645. The van der Waals surface area contributed by atoms with Crippen LogP contribution in [0.2, 0.25) is 5.28 Å². The zero-order chi connectivity index (χ0) is 14.0. The lowest BCUT2D eigenvalue weighted by atomic mass is 10.1. The second-order valence-electron chi connectivity index (χ2n) is 3.49. The smallest absolute Gasteiger partial charge is 0.433 e. The number of pyridine rings is 1. The molecule has 2 aromatic heterocycles. The zero-order valence-electron chi connectivity index (χ0n) is 9.57. The van der Waals surface area contributed by atoms with Gasteiger partial charge in [-0.1, -0.05) is 0 Å². The summed E-state index contributed by atoms with van der Waals surface area (Å²) in [7, 11) is 1.40. The van der Waals surface area contributed by atoms with Crippen molar-refractivity contribution >= 4 is 11.6 Å². The molecule has 19 heavy (non-hydrogen) atoms. The van der Waals surface area contributed by atoms with Crippen molar-refractivity contribution in [3.8, 4) is 17.1 Å². The average molecular weight is 290 g/mol. The summed E-state index contributed by atoms with van der Waals surface area (Å²) in [5.74, 6) is 0.265. The monoisotopic (exact) mass is 289 g/mol. The standard InChI is InChI=1S/C11H7ClF3N3O/c1-19-9-4-6(2-3-16-9)7-5-8(11(13,14)15)18-10(12)17-7/h2-5H,1H3. The van der Waals surface area contributed by atoms with E-state index in [2.05, 4.69) is 15.0 Å². The molecule has 0 aliphatic carbocycles.